The summed E-state index contributed by atoms with van der Waals surface area (Å²) in [6, 6.07) is 6.41. The summed E-state index contributed by atoms with van der Waals surface area (Å²) in [6.45, 7) is 7.41. The zero-order chi connectivity index (χ0) is 15.2. The van der Waals surface area contributed by atoms with E-state index in [4.69, 9.17) is 14.5 Å². The van der Waals surface area contributed by atoms with Crippen LogP contribution in [0.25, 0.3) is 0 Å². The molecule has 0 N–H and O–H groups in total. The maximum Gasteiger partial charge on any atom is 0.131 e. The Kier molecular flexibility index (Phi) is 5.62. The van der Waals surface area contributed by atoms with Crippen LogP contribution in [0, 0.1) is 0 Å². The van der Waals surface area contributed by atoms with Crippen LogP contribution in [0.5, 0.6) is 11.5 Å². The lowest BCUT2D eigenvalue weighted by molar-refractivity contribution is 0.273. The Morgan fingerprint density at radius 2 is 1.95 bits per heavy atom. The monoisotopic (exact) mass is 290 g/mol. The summed E-state index contributed by atoms with van der Waals surface area (Å²) in [5.74, 6) is 1.63. The van der Waals surface area contributed by atoms with Crippen LogP contribution < -0.4 is 9.47 Å². The largest absolute Gasteiger partial charge is 0.496 e. The summed E-state index contributed by atoms with van der Waals surface area (Å²) in [5, 5.41) is 0. The number of ether oxygens (including phenoxy) is 2. The van der Waals surface area contributed by atoms with Crippen molar-refractivity contribution in [1.82, 2.24) is 4.90 Å². The third kappa shape index (κ3) is 3.56. The lowest BCUT2D eigenvalue weighted by Crippen LogP contribution is -2.31. The lowest BCUT2D eigenvalue weighted by atomic mass is 10.1. The molecule has 0 saturated carbocycles. The molecule has 1 aromatic rings. The van der Waals surface area contributed by atoms with Crippen molar-refractivity contribution >= 4 is 5.71 Å². The summed E-state index contributed by atoms with van der Waals surface area (Å²) in [4.78, 5) is 7.32. The normalized spacial score (nSPS) is 19.8. The van der Waals surface area contributed by atoms with Crippen molar-refractivity contribution in [2.75, 3.05) is 33.9 Å². The second-order valence-electron chi connectivity index (χ2n) is 5.39. The fraction of sp³-hybridized carbons (Fsp3) is 0.588. The van der Waals surface area contributed by atoms with Crippen LogP contribution in [0.1, 0.15) is 32.3 Å². The number of aliphatic imine (C=N–C) groups is 1. The maximum absolute atomic E-state index is 5.45. The predicted molar refractivity (Wildman–Crippen MR) is 86.9 cm³/mol. The molecule has 1 saturated heterocycles. The van der Waals surface area contributed by atoms with Gasteiger partial charge >= 0.3 is 0 Å². The molecule has 1 heterocycles. The minimum atomic E-state index is 0.575. The first-order valence-electron chi connectivity index (χ1n) is 7.67. The van der Waals surface area contributed by atoms with Gasteiger partial charge in [0.05, 0.1) is 26.3 Å². The smallest absolute Gasteiger partial charge is 0.131 e. The summed E-state index contributed by atoms with van der Waals surface area (Å²) in [6.07, 6.45) is 2.53. The molecule has 4 nitrogen and oxygen atoms in total. The highest BCUT2D eigenvalue weighted by molar-refractivity contribution is 6.03. The molecule has 0 amide bonds. The molecule has 0 spiro atoms. The standard InChI is InChI=1S/C17H26N2O2/c1-5-19-11-7-8-14(19)12-18-13(2)17-15(20-3)9-6-10-16(17)21-4/h6,9-10,14H,5,7-8,11-12H2,1-4H3/b18-13+. The highest BCUT2D eigenvalue weighted by Crippen LogP contribution is 2.29. The van der Waals surface area contributed by atoms with Crippen molar-refractivity contribution in [3.05, 3.63) is 23.8 Å². The van der Waals surface area contributed by atoms with E-state index < -0.39 is 0 Å². The maximum atomic E-state index is 5.45. The van der Waals surface area contributed by atoms with E-state index in [1.165, 1.54) is 19.4 Å². The Balaban J connectivity index is 2.19. The van der Waals surface area contributed by atoms with Crippen molar-refractivity contribution in [3.8, 4) is 11.5 Å². The van der Waals surface area contributed by atoms with Crippen molar-refractivity contribution in [2.45, 2.75) is 32.7 Å². The highest BCUT2D eigenvalue weighted by atomic mass is 16.5. The van der Waals surface area contributed by atoms with Crippen LogP contribution in [-0.4, -0.2) is 50.5 Å². The van der Waals surface area contributed by atoms with E-state index >= 15 is 0 Å². The van der Waals surface area contributed by atoms with E-state index in [-0.39, 0.29) is 0 Å². The molecule has 1 unspecified atom stereocenters. The first-order valence-corrected chi connectivity index (χ1v) is 7.67. The molecule has 0 bridgehead atoms. The third-order valence-electron chi connectivity index (χ3n) is 4.23. The lowest BCUT2D eigenvalue weighted by Gasteiger charge is -2.21. The summed E-state index contributed by atoms with van der Waals surface area (Å²) in [5.41, 5.74) is 1.94. The number of hydrogen-bond donors (Lipinski definition) is 0. The van der Waals surface area contributed by atoms with E-state index in [0.29, 0.717) is 6.04 Å². The molecule has 1 aromatic carbocycles. The second kappa shape index (κ2) is 7.46. The quantitative estimate of drug-likeness (QED) is 0.755. The molecule has 1 aliphatic heterocycles. The Labute approximate surface area is 127 Å². The van der Waals surface area contributed by atoms with E-state index in [1.807, 2.05) is 25.1 Å². The first kappa shape index (κ1) is 15.8. The molecule has 0 aliphatic carbocycles. The molecule has 4 heteroatoms. The summed E-state index contributed by atoms with van der Waals surface area (Å²) in [7, 11) is 3.36. The average Bonchev–Trinajstić information content (AvgIpc) is 2.99. The summed E-state index contributed by atoms with van der Waals surface area (Å²) < 4.78 is 10.9. The number of hydrogen-bond acceptors (Lipinski definition) is 4. The number of likely N-dealkylation sites (N-methyl/N-ethyl adjacent to an activating group) is 1. The van der Waals surface area contributed by atoms with Gasteiger partial charge in [-0.25, -0.2) is 0 Å². The number of benzene rings is 1. The topological polar surface area (TPSA) is 34.1 Å². The Hall–Kier alpha value is -1.55. The van der Waals surface area contributed by atoms with E-state index in [0.717, 1.165) is 35.9 Å². The fourth-order valence-corrected chi connectivity index (χ4v) is 3.05. The Bertz CT molecular complexity index is 477. The van der Waals surface area contributed by atoms with Gasteiger partial charge in [-0.3, -0.25) is 9.89 Å². The molecular weight excluding hydrogens is 264 g/mol. The van der Waals surface area contributed by atoms with E-state index in [1.54, 1.807) is 14.2 Å². The van der Waals surface area contributed by atoms with Crippen LogP contribution >= 0.6 is 0 Å². The van der Waals surface area contributed by atoms with Crippen molar-refractivity contribution < 1.29 is 9.47 Å². The van der Waals surface area contributed by atoms with Crippen molar-refractivity contribution in [1.29, 1.82) is 0 Å². The minimum Gasteiger partial charge on any atom is -0.496 e. The molecule has 1 aliphatic rings. The van der Waals surface area contributed by atoms with E-state index in [2.05, 4.69) is 11.8 Å². The number of methoxy groups -OCH3 is 2. The first-order chi connectivity index (χ1) is 10.2. The van der Waals surface area contributed by atoms with Gasteiger partial charge in [-0.05, 0) is 45.0 Å². The number of rotatable bonds is 6. The molecule has 1 fully saturated rings. The molecule has 1 atom stereocenters. The zero-order valence-electron chi connectivity index (χ0n) is 13.6. The van der Waals surface area contributed by atoms with Crippen LogP contribution in [0.2, 0.25) is 0 Å². The van der Waals surface area contributed by atoms with Gasteiger partial charge in [0.2, 0.25) is 0 Å². The van der Waals surface area contributed by atoms with Crippen molar-refractivity contribution in [3.63, 3.8) is 0 Å². The molecule has 0 aromatic heterocycles. The number of likely N-dealkylation sites (tertiary alicyclic amines) is 1. The Morgan fingerprint density at radius 1 is 1.29 bits per heavy atom. The molecular formula is C17H26N2O2. The second-order valence-corrected chi connectivity index (χ2v) is 5.39. The number of nitrogens with zero attached hydrogens (tertiary/aromatic N) is 2. The van der Waals surface area contributed by atoms with Gasteiger partial charge in [-0.1, -0.05) is 13.0 Å². The zero-order valence-corrected chi connectivity index (χ0v) is 13.6. The van der Waals surface area contributed by atoms with Gasteiger partial charge in [0, 0.05) is 11.8 Å². The fourth-order valence-electron chi connectivity index (χ4n) is 3.05. The Morgan fingerprint density at radius 3 is 2.52 bits per heavy atom. The predicted octanol–water partition coefficient (Wildman–Crippen LogP) is 3.00. The van der Waals surface area contributed by atoms with Crippen LogP contribution in [0.4, 0.5) is 0 Å². The highest BCUT2D eigenvalue weighted by Gasteiger charge is 2.22. The van der Waals surface area contributed by atoms with Gasteiger partial charge in [0.15, 0.2) is 0 Å². The van der Waals surface area contributed by atoms with Gasteiger partial charge in [-0.15, -0.1) is 0 Å². The van der Waals surface area contributed by atoms with Crippen LogP contribution in [0.3, 0.4) is 0 Å². The van der Waals surface area contributed by atoms with Crippen LogP contribution in [0.15, 0.2) is 23.2 Å². The molecule has 2 rings (SSSR count). The van der Waals surface area contributed by atoms with Gasteiger partial charge in [-0.2, -0.15) is 0 Å². The third-order valence-corrected chi connectivity index (χ3v) is 4.23. The van der Waals surface area contributed by atoms with Crippen molar-refractivity contribution in [2.24, 2.45) is 4.99 Å². The van der Waals surface area contributed by atoms with E-state index in [9.17, 15) is 0 Å². The molecule has 0 radical (unpaired) electrons. The molecule has 116 valence electrons. The summed E-state index contributed by atoms with van der Waals surface area (Å²) >= 11 is 0. The van der Waals surface area contributed by atoms with Gasteiger partial charge in [0.1, 0.15) is 11.5 Å². The SMILES string of the molecule is CCN1CCCC1C/N=C(\C)c1c(OC)cccc1OC. The van der Waals surface area contributed by atoms with Crippen LogP contribution in [-0.2, 0) is 0 Å². The van der Waals surface area contributed by atoms with Gasteiger partial charge < -0.3 is 9.47 Å². The average molecular weight is 290 g/mol. The molecule has 21 heavy (non-hydrogen) atoms. The minimum absolute atomic E-state index is 0.575. The van der Waals surface area contributed by atoms with Gasteiger partial charge in [0.25, 0.3) is 0 Å².